The van der Waals surface area contributed by atoms with Gasteiger partial charge in [0.2, 0.25) is 0 Å². The van der Waals surface area contributed by atoms with Gasteiger partial charge in [-0.1, -0.05) is 11.6 Å². The van der Waals surface area contributed by atoms with E-state index in [1.54, 1.807) is 0 Å². The molecular weight excluding hydrogens is 280 g/mol. The van der Waals surface area contributed by atoms with Crippen LogP contribution in [0.1, 0.15) is 15.9 Å². The Hall–Kier alpha value is -0.940. The summed E-state index contributed by atoms with van der Waals surface area (Å²) in [6, 6.07) is 1.90. The molecule has 0 bridgehead atoms. The van der Waals surface area contributed by atoms with E-state index in [9.17, 15) is 18.0 Å². The maximum absolute atomic E-state index is 12.6. The average molecular weight is 287 g/mol. The van der Waals surface area contributed by atoms with E-state index < -0.39 is 28.3 Å². The summed E-state index contributed by atoms with van der Waals surface area (Å²) in [5.74, 6) is -1.37. The number of hydrogen-bond donors (Lipinski definition) is 0. The van der Waals surface area contributed by atoms with E-state index in [-0.39, 0.29) is 11.4 Å². The molecule has 0 radical (unpaired) electrons. The molecule has 17 heavy (non-hydrogen) atoms. The molecule has 0 fully saturated rings. The van der Waals surface area contributed by atoms with Gasteiger partial charge in [0.25, 0.3) is 0 Å². The summed E-state index contributed by atoms with van der Waals surface area (Å²) in [7, 11) is 1.07. The Balaban J connectivity index is 3.41. The quantitative estimate of drug-likeness (QED) is 0.624. The predicted molar refractivity (Wildman–Crippen MR) is 58.1 cm³/mol. The molecule has 0 aromatic heterocycles. The SMILES string of the molecule is COc1cc(C(=O)CCl)cc(Cl)c1C(F)(F)F. The molecule has 0 N–H and O–H groups in total. The molecule has 7 heteroatoms. The predicted octanol–water partition coefficient (Wildman–Crippen LogP) is 3.79. The number of methoxy groups -OCH3 is 1. The summed E-state index contributed by atoms with van der Waals surface area (Å²) >= 11 is 10.8. The lowest BCUT2D eigenvalue weighted by molar-refractivity contribution is -0.138. The van der Waals surface area contributed by atoms with Crippen LogP contribution in [0.3, 0.4) is 0 Å². The fourth-order valence-corrected chi connectivity index (χ4v) is 1.73. The maximum atomic E-state index is 12.6. The third-order valence-corrected chi connectivity index (χ3v) is 2.54. The van der Waals surface area contributed by atoms with Crippen molar-refractivity contribution in [1.82, 2.24) is 0 Å². The molecule has 0 saturated heterocycles. The lowest BCUT2D eigenvalue weighted by Crippen LogP contribution is -2.10. The van der Waals surface area contributed by atoms with Gasteiger partial charge in [-0.2, -0.15) is 13.2 Å². The number of rotatable bonds is 3. The molecule has 0 aliphatic heterocycles. The lowest BCUT2D eigenvalue weighted by Gasteiger charge is -2.14. The molecule has 0 saturated carbocycles. The van der Waals surface area contributed by atoms with Crippen molar-refractivity contribution in [1.29, 1.82) is 0 Å². The lowest BCUT2D eigenvalue weighted by atomic mass is 10.1. The van der Waals surface area contributed by atoms with Crippen molar-refractivity contribution in [2.24, 2.45) is 0 Å². The second kappa shape index (κ2) is 5.14. The Morgan fingerprint density at radius 2 is 2.00 bits per heavy atom. The molecule has 0 spiro atoms. The topological polar surface area (TPSA) is 26.3 Å². The highest BCUT2D eigenvalue weighted by Crippen LogP contribution is 2.41. The second-order valence-electron chi connectivity index (χ2n) is 3.09. The minimum absolute atomic E-state index is 0.0187. The molecule has 0 unspecified atom stereocenters. The molecule has 94 valence electrons. The van der Waals surface area contributed by atoms with E-state index in [2.05, 4.69) is 4.74 Å². The zero-order chi connectivity index (χ0) is 13.2. The van der Waals surface area contributed by atoms with Crippen molar-refractivity contribution in [2.75, 3.05) is 13.0 Å². The van der Waals surface area contributed by atoms with Crippen molar-refractivity contribution >= 4 is 29.0 Å². The number of ether oxygens (including phenoxy) is 1. The first kappa shape index (κ1) is 14.1. The molecule has 0 heterocycles. The monoisotopic (exact) mass is 286 g/mol. The summed E-state index contributed by atoms with van der Waals surface area (Å²) in [6.45, 7) is 0. The molecule has 0 aliphatic rings. The van der Waals surface area contributed by atoms with Crippen LogP contribution in [0.5, 0.6) is 5.75 Å². The number of carbonyl (C=O) groups excluding carboxylic acids is 1. The van der Waals surface area contributed by atoms with Gasteiger partial charge in [-0.25, -0.2) is 0 Å². The zero-order valence-electron chi connectivity index (χ0n) is 8.57. The Labute approximate surface area is 105 Å². The van der Waals surface area contributed by atoms with Gasteiger partial charge in [0.1, 0.15) is 11.3 Å². The van der Waals surface area contributed by atoms with Gasteiger partial charge < -0.3 is 4.74 Å². The molecular formula is C10H7Cl2F3O2. The molecule has 2 nitrogen and oxygen atoms in total. The van der Waals surface area contributed by atoms with Crippen molar-refractivity contribution in [3.8, 4) is 5.75 Å². The van der Waals surface area contributed by atoms with Crippen LogP contribution in [-0.4, -0.2) is 18.8 Å². The van der Waals surface area contributed by atoms with Gasteiger partial charge in [-0.15, -0.1) is 11.6 Å². The number of halogens is 5. The molecule has 1 rings (SSSR count). The van der Waals surface area contributed by atoms with E-state index in [0.717, 1.165) is 19.2 Å². The minimum atomic E-state index is -4.65. The molecule has 0 aliphatic carbocycles. The fraction of sp³-hybridized carbons (Fsp3) is 0.300. The van der Waals surface area contributed by atoms with E-state index in [1.807, 2.05) is 0 Å². The van der Waals surface area contributed by atoms with Crippen LogP contribution >= 0.6 is 23.2 Å². The molecule has 1 aromatic carbocycles. The summed E-state index contributed by atoms with van der Waals surface area (Å²) in [5.41, 5.74) is -1.12. The molecule has 0 amide bonds. The minimum Gasteiger partial charge on any atom is -0.496 e. The smallest absolute Gasteiger partial charge is 0.421 e. The van der Waals surface area contributed by atoms with Crippen LogP contribution < -0.4 is 4.74 Å². The van der Waals surface area contributed by atoms with Crippen molar-refractivity contribution in [3.63, 3.8) is 0 Å². The highest BCUT2D eigenvalue weighted by molar-refractivity contribution is 6.33. The standard InChI is InChI=1S/C10H7Cl2F3O2/c1-17-8-3-5(7(16)4-11)2-6(12)9(8)10(13,14)15/h2-3H,4H2,1H3. The Bertz CT molecular complexity index is 444. The summed E-state index contributed by atoms with van der Waals surface area (Å²) in [4.78, 5) is 11.3. The highest BCUT2D eigenvalue weighted by atomic mass is 35.5. The first-order chi connectivity index (χ1) is 7.81. The normalized spacial score (nSPS) is 11.4. The summed E-state index contributed by atoms with van der Waals surface area (Å²) in [5, 5.41) is -0.592. The molecule has 1 aromatic rings. The van der Waals surface area contributed by atoms with Crippen molar-refractivity contribution in [3.05, 3.63) is 28.3 Å². The highest BCUT2D eigenvalue weighted by Gasteiger charge is 2.37. The van der Waals surface area contributed by atoms with E-state index in [0.29, 0.717) is 0 Å². The number of hydrogen-bond acceptors (Lipinski definition) is 2. The Kier molecular flexibility index (Phi) is 4.27. The number of Topliss-reactive ketones (excluding diaryl/α,β-unsaturated/α-hetero) is 1. The van der Waals surface area contributed by atoms with Gasteiger partial charge in [-0.3, -0.25) is 4.79 Å². The van der Waals surface area contributed by atoms with Crippen LogP contribution in [0.25, 0.3) is 0 Å². The van der Waals surface area contributed by atoms with Crippen LogP contribution in [0, 0.1) is 0 Å². The van der Waals surface area contributed by atoms with E-state index in [4.69, 9.17) is 23.2 Å². The zero-order valence-corrected chi connectivity index (χ0v) is 10.1. The van der Waals surface area contributed by atoms with E-state index in [1.165, 1.54) is 0 Å². The summed E-state index contributed by atoms with van der Waals surface area (Å²) in [6.07, 6.45) is -4.65. The molecule has 0 atom stereocenters. The number of ketones is 1. The summed E-state index contributed by atoms with van der Waals surface area (Å²) < 4.78 is 42.5. The largest absolute Gasteiger partial charge is 0.496 e. The maximum Gasteiger partial charge on any atom is 0.421 e. The third kappa shape index (κ3) is 3.04. The first-order valence-corrected chi connectivity index (χ1v) is 5.26. The van der Waals surface area contributed by atoms with E-state index >= 15 is 0 Å². The first-order valence-electron chi connectivity index (χ1n) is 4.35. The van der Waals surface area contributed by atoms with Gasteiger partial charge in [-0.05, 0) is 12.1 Å². The number of alkyl halides is 4. The van der Waals surface area contributed by atoms with Crippen LogP contribution in [0.15, 0.2) is 12.1 Å². The fourth-order valence-electron chi connectivity index (χ4n) is 1.26. The number of carbonyl (C=O) groups is 1. The van der Waals surface area contributed by atoms with Crippen LogP contribution in [0.2, 0.25) is 5.02 Å². The second-order valence-corrected chi connectivity index (χ2v) is 3.76. The Morgan fingerprint density at radius 1 is 1.41 bits per heavy atom. The number of benzene rings is 1. The van der Waals surface area contributed by atoms with Gasteiger partial charge in [0, 0.05) is 5.56 Å². The van der Waals surface area contributed by atoms with Gasteiger partial charge in [0.05, 0.1) is 18.0 Å². The average Bonchev–Trinajstić information content (AvgIpc) is 2.24. The van der Waals surface area contributed by atoms with Gasteiger partial charge >= 0.3 is 6.18 Å². The van der Waals surface area contributed by atoms with Crippen molar-refractivity contribution < 1.29 is 22.7 Å². The Morgan fingerprint density at radius 3 is 2.41 bits per heavy atom. The van der Waals surface area contributed by atoms with Crippen molar-refractivity contribution in [2.45, 2.75) is 6.18 Å². The van der Waals surface area contributed by atoms with Gasteiger partial charge in [0.15, 0.2) is 5.78 Å². The van der Waals surface area contributed by atoms with Crippen LogP contribution in [-0.2, 0) is 6.18 Å². The third-order valence-electron chi connectivity index (χ3n) is 2.00. The van der Waals surface area contributed by atoms with Crippen LogP contribution in [0.4, 0.5) is 13.2 Å².